The van der Waals surface area contributed by atoms with Crippen molar-refractivity contribution in [2.75, 3.05) is 11.1 Å². The highest BCUT2D eigenvalue weighted by Crippen LogP contribution is 2.44. The van der Waals surface area contributed by atoms with Gasteiger partial charge in [0.15, 0.2) is 11.9 Å². The van der Waals surface area contributed by atoms with Crippen molar-refractivity contribution in [3.8, 4) is 5.75 Å². The zero-order valence-corrected chi connectivity index (χ0v) is 9.32. The number of ether oxygens (including phenoxy) is 1. The second-order valence-corrected chi connectivity index (χ2v) is 4.02. The first-order chi connectivity index (χ1) is 7.00. The lowest BCUT2D eigenvalue weighted by Gasteiger charge is -2.25. The van der Waals surface area contributed by atoms with Gasteiger partial charge in [0.1, 0.15) is 5.69 Å². The van der Waals surface area contributed by atoms with Crippen LogP contribution in [0.15, 0.2) is 6.07 Å². The third-order valence-corrected chi connectivity index (χ3v) is 2.74. The molecule has 1 aliphatic rings. The molecule has 2 rings (SSSR count). The van der Waals surface area contributed by atoms with Gasteiger partial charge in [0.2, 0.25) is 0 Å². The smallest absolute Gasteiger partial charge is 0.265 e. The third-order valence-electron chi connectivity index (χ3n) is 2.13. The van der Waals surface area contributed by atoms with E-state index in [1.54, 1.807) is 6.92 Å². The summed E-state index contributed by atoms with van der Waals surface area (Å²) in [7, 11) is 0. The van der Waals surface area contributed by atoms with Crippen LogP contribution in [0, 0.1) is 0 Å². The Hall–Kier alpha value is -1.13. The fourth-order valence-corrected chi connectivity index (χ4v) is 1.80. The van der Waals surface area contributed by atoms with E-state index in [0.29, 0.717) is 21.5 Å². The van der Waals surface area contributed by atoms with E-state index in [0.717, 1.165) is 0 Å². The van der Waals surface area contributed by atoms with Gasteiger partial charge in [-0.25, -0.2) is 0 Å². The number of carbonyl (C=O) groups excluding carboxylic acids is 1. The fraction of sp³-hybridized carbons (Fsp3) is 0.222. The largest absolute Gasteiger partial charge is 0.476 e. The number of carbonyl (C=O) groups is 1. The molecular weight excluding hydrogens is 239 g/mol. The molecule has 1 aromatic rings. The summed E-state index contributed by atoms with van der Waals surface area (Å²) in [6.45, 7) is 1.62. The molecule has 1 aromatic carbocycles. The number of nitrogen functional groups attached to an aromatic ring is 1. The van der Waals surface area contributed by atoms with Crippen LogP contribution in [0.3, 0.4) is 0 Å². The zero-order valence-electron chi connectivity index (χ0n) is 7.80. The molecule has 6 heteroatoms. The maximum absolute atomic E-state index is 11.3. The van der Waals surface area contributed by atoms with Crippen LogP contribution in [-0.2, 0) is 4.79 Å². The van der Waals surface area contributed by atoms with E-state index in [9.17, 15) is 4.79 Å². The molecule has 3 N–H and O–H groups in total. The quantitative estimate of drug-likeness (QED) is 0.691. The van der Waals surface area contributed by atoms with Crippen molar-refractivity contribution in [3.05, 3.63) is 16.1 Å². The van der Waals surface area contributed by atoms with Gasteiger partial charge in [0, 0.05) is 0 Å². The van der Waals surface area contributed by atoms with Gasteiger partial charge in [-0.05, 0) is 13.0 Å². The monoisotopic (exact) mass is 246 g/mol. The number of nitrogens with two attached hydrogens (primary N) is 1. The number of hydrogen-bond acceptors (Lipinski definition) is 3. The summed E-state index contributed by atoms with van der Waals surface area (Å²) in [4.78, 5) is 11.3. The summed E-state index contributed by atoms with van der Waals surface area (Å²) in [6.07, 6.45) is -0.602. The maximum Gasteiger partial charge on any atom is 0.265 e. The van der Waals surface area contributed by atoms with E-state index >= 15 is 0 Å². The molecule has 1 amide bonds. The van der Waals surface area contributed by atoms with Gasteiger partial charge in [-0.2, -0.15) is 0 Å². The first-order valence-electron chi connectivity index (χ1n) is 4.25. The molecule has 0 aromatic heterocycles. The Labute approximate surface area is 96.3 Å². The zero-order chi connectivity index (χ0) is 11.2. The van der Waals surface area contributed by atoms with Crippen molar-refractivity contribution in [2.45, 2.75) is 13.0 Å². The first kappa shape index (κ1) is 10.4. The van der Waals surface area contributed by atoms with Crippen LogP contribution in [0.4, 0.5) is 11.4 Å². The number of anilines is 2. The summed E-state index contributed by atoms with van der Waals surface area (Å²) in [5, 5.41) is 3.23. The minimum Gasteiger partial charge on any atom is -0.476 e. The average Bonchev–Trinajstić information content (AvgIpc) is 2.18. The topological polar surface area (TPSA) is 64.3 Å². The number of nitrogens with one attached hydrogen (secondary N) is 1. The van der Waals surface area contributed by atoms with Gasteiger partial charge in [0.25, 0.3) is 5.91 Å². The Morgan fingerprint density at radius 2 is 2.13 bits per heavy atom. The number of amides is 1. The first-order valence-corrected chi connectivity index (χ1v) is 5.01. The second kappa shape index (κ2) is 3.47. The van der Waals surface area contributed by atoms with Crippen LogP contribution < -0.4 is 15.8 Å². The summed E-state index contributed by atoms with van der Waals surface area (Å²) in [6, 6.07) is 1.47. The summed E-state index contributed by atoms with van der Waals surface area (Å²) in [5.74, 6) is 0.0747. The predicted molar refractivity (Wildman–Crippen MR) is 59.6 cm³/mol. The molecule has 1 atom stereocenters. The van der Waals surface area contributed by atoms with Crippen LogP contribution in [0.1, 0.15) is 6.92 Å². The lowest BCUT2D eigenvalue weighted by molar-refractivity contribution is -0.122. The van der Waals surface area contributed by atoms with Gasteiger partial charge < -0.3 is 15.8 Å². The van der Waals surface area contributed by atoms with Crippen molar-refractivity contribution in [1.29, 1.82) is 0 Å². The van der Waals surface area contributed by atoms with E-state index in [1.807, 2.05) is 0 Å². The summed E-state index contributed by atoms with van der Waals surface area (Å²) in [5.41, 5.74) is 6.37. The maximum atomic E-state index is 11.3. The number of fused-ring (bicyclic) bond motifs is 1. The molecule has 0 radical (unpaired) electrons. The molecule has 0 bridgehead atoms. The van der Waals surface area contributed by atoms with Crippen LogP contribution in [-0.4, -0.2) is 12.0 Å². The lowest BCUT2D eigenvalue weighted by Crippen LogP contribution is -2.34. The molecule has 0 fully saturated rings. The number of benzene rings is 1. The van der Waals surface area contributed by atoms with Gasteiger partial charge in [-0.3, -0.25) is 4.79 Å². The van der Waals surface area contributed by atoms with E-state index in [2.05, 4.69) is 5.32 Å². The predicted octanol–water partition coefficient (Wildman–Crippen LogP) is 2.29. The van der Waals surface area contributed by atoms with E-state index in [-0.39, 0.29) is 11.6 Å². The van der Waals surface area contributed by atoms with Crippen molar-refractivity contribution in [2.24, 2.45) is 0 Å². The molecule has 0 saturated heterocycles. The minimum absolute atomic E-state index is 0.258. The molecule has 0 saturated carbocycles. The molecule has 1 aliphatic heterocycles. The highest BCUT2D eigenvalue weighted by Gasteiger charge is 2.28. The Kier molecular flexibility index (Phi) is 2.40. The Morgan fingerprint density at radius 1 is 1.47 bits per heavy atom. The fourth-order valence-electron chi connectivity index (χ4n) is 1.31. The Balaban J connectivity index is 2.61. The van der Waals surface area contributed by atoms with Crippen LogP contribution in [0.25, 0.3) is 0 Å². The Morgan fingerprint density at radius 3 is 2.80 bits per heavy atom. The lowest BCUT2D eigenvalue weighted by atomic mass is 10.2. The van der Waals surface area contributed by atoms with Crippen LogP contribution in [0.2, 0.25) is 10.0 Å². The third kappa shape index (κ3) is 1.60. The molecule has 80 valence electrons. The molecular formula is C9H8Cl2N2O2. The average molecular weight is 247 g/mol. The van der Waals surface area contributed by atoms with Gasteiger partial charge in [0.05, 0.1) is 15.7 Å². The van der Waals surface area contributed by atoms with Crippen molar-refractivity contribution >= 4 is 40.5 Å². The van der Waals surface area contributed by atoms with Gasteiger partial charge >= 0.3 is 0 Å². The summed E-state index contributed by atoms with van der Waals surface area (Å²) < 4.78 is 5.33. The molecule has 1 unspecified atom stereocenters. The van der Waals surface area contributed by atoms with Crippen LogP contribution in [0.5, 0.6) is 5.75 Å². The molecule has 0 spiro atoms. The normalized spacial score (nSPS) is 19.1. The van der Waals surface area contributed by atoms with Gasteiger partial charge in [-0.15, -0.1) is 0 Å². The molecule has 15 heavy (non-hydrogen) atoms. The molecule has 1 heterocycles. The molecule has 0 aliphatic carbocycles. The minimum atomic E-state index is -0.602. The second-order valence-electron chi connectivity index (χ2n) is 3.21. The van der Waals surface area contributed by atoms with E-state index in [4.69, 9.17) is 33.7 Å². The number of hydrogen-bond donors (Lipinski definition) is 2. The number of rotatable bonds is 0. The highest BCUT2D eigenvalue weighted by atomic mass is 35.5. The van der Waals surface area contributed by atoms with E-state index < -0.39 is 6.10 Å². The molecule has 4 nitrogen and oxygen atoms in total. The van der Waals surface area contributed by atoms with Crippen molar-refractivity contribution in [1.82, 2.24) is 0 Å². The van der Waals surface area contributed by atoms with Gasteiger partial charge in [-0.1, -0.05) is 23.2 Å². The summed E-state index contributed by atoms with van der Waals surface area (Å²) >= 11 is 11.7. The Bertz CT molecular complexity index is 448. The highest BCUT2D eigenvalue weighted by molar-refractivity contribution is 6.39. The van der Waals surface area contributed by atoms with Crippen molar-refractivity contribution in [3.63, 3.8) is 0 Å². The number of halogens is 2. The standard InChI is InChI=1S/C9H8Cl2N2O2/c1-3-9(14)13-7-5(11)2-4(10)6(12)8(7)15-3/h2-3H,12H2,1H3,(H,13,14). The van der Waals surface area contributed by atoms with Crippen LogP contribution >= 0.6 is 23.2 Å². The SMILES string of the molecule is CC1Oc2c(N)c(Cl)cc(Cl)c2NC1=O. The van der Waals surface area contributed by atoms with Crippen molar-refractivity contribution < 1.29 is 9.53 Å². The van der Waals surface area contributed by atoms with E-state index in [1.165, 1.54) is 6.07 Å².